The lowest BCUT2D eigenvalue weighted by atomic mass is 10.00. The van der Waals surface area contributed by atoms with E-state index in [0.29, 0.717) is 5.75 Å². The minimum atomic E-state index is -0.390. The van der Waals surface area contributed by atoms with E-state index in [1.54, 1.807) is 26.4 Å². The third-order valence-electron chi connectivity index (χ3n) is 5.46. The van der Waals surface area contributed by atoms with Crippen molar-refractivity contribution in [2.75, 3.05) is 14.2 Å². The van der Waals surface area contributed by atoms with Gasteiger partial charge in [0.2, 0.25) is 0 Å². The number of hydrazine groups is 1. The van der Waals surface area contributed by atoms with Crippen LogP contribution in [0, 0.1) is 5.82 Å². The van der Waals surface area contributed by atoms with Crippen molar-refractivity contribution < 1.29 is 18.6 Å². The minimum Gasteiger partial charge on any atom is -0.497 e. The number of para-hydroxylation sites is 1. The van der Waals surface area contributed by atoms with Gasteiger partial charge < -0.3 is 19.6 Å². The minimum absolute atomic E-state index is 0.0731. The summed E-state index contributed by atoms with van der Waals surface area (Å²) in [4.78, 5) is 0. The summed E-state index contributed by atoms with van der Waals surface area (Å²) in [7, 11) is 3.28. The molecule has 3 aromatic rings. The second kappa shape index (κ2) is 7.39. The Morgan fingerprint density at radius 2 is 1.70 bits per heavy atom. The van der Waals surface area contributed by atoms with Crippen LogP contribution in [-0.4, -0.2) is 19.2 Å². The lowest BCUT2D eigenvalue weighted by molar-refractivity contribution is -0.0343. The van der Waals surface area contributed by atoms with Crippen molar-refractivity contribution in [1.82, 2.24) is 10.4 Å². The SMILES string of the molecule is COc1ccc(C2Oc3c(OC)cccc3C3C=C(c4ccc(F)cc4)NN32)cc1. The van der Waals surface area contributed by atoms with Gasteiger partial charge >= 0.3 is 0 Å². The number of hydrogen-bond acceptors (Lipinski definition) is 5. The molecule has 0 aromatic heterocycles. The van der Waals surface area contributed by atoms with Gasteiger partial charge in [0.1, 0.15) is 11.6 Å². The summed E-state index contributed by atoms with van der Waals surface area (Å²) < 4.78 is 30.7. The Morgan fingerprint density at radius 1 is 0.933 bits per heavy atom. The molecule has 0 fully saturated rings. The van der Waals surface area contributed by atoms with E-state index in [4.69, 9.17) is 14.2 Å². The Hall–Kier alpha value is -3.51. The largest absolute Gasteiger partial charge is 0.497 e. The molecule has 30 heavy (non-hydrogen) atoms. The Kier molecular flexibility index (Phi) is 4.56. The van der Waals surface area contributed by atoms with E-state index in [-0.39, 0.29) is 18.1 Å². The predicted molar refractivity (Wildman–Crippen MR) is 111 cm³/mol. The van der Waals surface area contributed by atoms with Crippen molar-refractivity contribution in [3.05, 3.63) is 95.3 Å². The Bertz CT molecular complexity index is 1100. The summed E-state index contributed by atoms with van der Waals surface area (Å²) in [6.07, 6.45) is 1.74. The van der Waals surface area contributed by atoms with Gasteiger partial charge in [0.05, 0.1) is 26.0 Å². The molecule has 2 unspecified atom stereocenters. The summed E-state index contributed by atoms with van der Waals surface area (Å²) >= 11 is 0. The van der Waals surface area contributed by atoms with Crippen molar-refractivity contribution in [3.8, 4) is 17.2 Å². The molecule has 0 bridgehead atoms. The number of halogens is 1. The maximum atomic E-state index is 13.4. The standard InChI is InChI=1S/C24H21FN2O3/c1-28-18-12-8-16(9-13-18)24-27-21(19-4-3-5-22(29-2)23(19)30-24)14-20(26-27)15-6-10-17(25)11-7-15/h3-14,21,24,26H,1-2H3. The van der Waals surface area contributed by atoms with E-state index in [9.17, 15) is 4.39 Å². The maximum Gasteiger partial charge on any atom is 0.196 e. The highest BCUT2D eigenvalue weighted by Gasteiger charge is 2.41. The number of hydrogen-bond donors (Lipinski definition) is 1. The molecule has 2 atom stereocenters. The normalized spacial score (nSPS) is 19.8. The molecule has 6 heteroatoms. The van der Waals surface area contributed by atoms with Crippen molar-refractivity contribution in [2.45, 2.75) is 12.3 Å². The first-order chi connectivity index (χ1) is 14.7. The van der Waals surface area contributed by atoms with Crippen LogP contribution in [0.25, 0.3) is 5.70 Å². The van der Waals surface area contributed by atoms with Crippen LogP contribution in [0.15, 0.2) is 72.8 Å². The van der Waals surface area contributed by atoms with Crippen LogP contribution in [0.3, 0.4) is 0 Å². The topological polar surface area (TPSA) is 43.0 Å². The lowest BCUT2D eigenvalue weighted by Gasteiger charge is -2.39. The zero-order valence-corrected chi connectivity index (χ0v) is 16.6. The Balaban J connectivity index is 1.59. The highest BCUT2D eigenvalue weighted by Crippen LogP contribution is 2.49. The molecule has 0 amide bonds. The first-order valence-electron chi connectivity index (χ1n) is 9.68. The van der Waals surface area contributed by atoms with Crippen LogP contribution in [0.5, 0.6) is 17.2 Å². The van der Waals surface area contributed by atoms with Gasteiger partial charge in [-0.2, -0.15) is 5.01 Å². The molecular formula is C24H21FN2O3. The number of fused-ring (bicyclic) bond motifs is 3. The van der Waals surface area contributed by atoms with Crippen LogP contribution in [0.1, 0.15) is 29.0 Å². The van der Waals surface area contributed by atoms with Gasteiger partial charge in [-0.15, -0.1) is 0 Å². The molecule has 2 aliphatic rings. The highest BCUT2D eigenvalue weighted by atomic mass is 19.1. The van der Waals surface area contributed by atoms with Gasteiger partial charge in [-0.05, 0) is 54.1 Å². The lowest BCUT2D eigenvalue weighted by Crippen LogP contribution is -2.43. The molecule has 5 nitrogen and oxygen atoms in total. The quantitative estimate of drug-likeness (QED) is 0.674. The highest BCUT2D eigenvalue weighted by molar-refractivity contribution is 5.68. The monoisotopic (exact) mass is 404 g/mol. The smallest absolute Gasteiger partial charge is 0.196 e. The van der Waals surface area contributed by atoms with Crippen LogP contribution < -0.4 is 19.6 Å². The zero-order chi connectivity index (χ0) is 20.7. The fourth-order valence-corrected chi connectivity index (χ4v) is 3.94. The first-order valence-corrected chi connectivity index (χ1v) is 9.68. The number of methoxy groups -OCH3 is 2. The van der Waals surface area contributed by atoms with Crippen LogP contribution in [0.2, 0.25) is 0 Å². The van der Waals surface area contributed by atoms with Gasteiger partial charge in [0, 0.05) is 11.1 Å². The molecule has 152 valence electrons. The summed E-state index contributed by atoms with van der Waals surface area (Å²) in [5, 5.41) is 2.06. The molecular weight excluding hydrogens is 383 g/mol. The average Bonchev–Trinajstić information content (AvgIpc) is 3.24. The summed E-state index contributed by atoms with van der Waals surface area (Å²) in [6, 6.07) is 20.1. The fraction of sp³-hybridized carbons (Fsp3) is 0.167. The van der Waals surface area contributed by atoms with E-state index in [1.807, 2.05) is 42.5 Å². The number of rotatable bonds is 4. The molecule has 2 heterocycles. The van der Waals surface area contributed by atoms with E-state index >= 15 is 0 Å². The number of nitrogens with one attached hydrogen (secondary N) is 1. The van der Waals surface area contributed by atoms with Crippen molar-refractivity contribution in [2.24, 2.45) is 0 Å². The zero-order valence-electron chi connectivity index (χ0n) is 16.6. The van der Waals surface area contributed by atoms with E-state index < -0.39 is 0 Å². The maximum absolute atomic E-state index is 13.4. The van der Waals surface area contributed by atoms with Gasteiger partial charge in [-0.1, -0.05) is 24.3 Å². The van der Waals surface area contributed by atoms with Crippen molar-refractivity contribution in [3.63, 3.8) is 0 Å². The Labute approximate surface area is 174 Å². The molecule has 2 aliphatic heterocycles. The first kappa shape index (κ1) is 18.5. The van der Waals surface area contributed by atoms with E-state index in [1.165, 1.54) is 12.1 Å². The third kappa shape index (κ3) is 3.06. The van der Waals surface area contributed by atoms with Gasteiger partial charge in [0.25, 0.3) is 0 Å². The number of nitrogens with zero attached hydrogens (tertiary/aromatic N) is 1. The summed E-state index contributed by atoms with van der Waals surface area (Å²) in [5.41, 5.74) is 7.24. The van der Waals surface area contributed by atoms with Crippen molar-refractivity contribution >= 4 is 5.70 Å². The predicted octanol–water partition coefficient (Wildman–Crippen LogP) is 4.84. The second-order valence-corrected chi connectivity index (χ2v) is 7.17. The molecule has 3 aromatic carbocycles. The van der Waals surface area contributed by atoms with Crippen LogP contribution in [0.4, 0.5) is 4.39 Å². The molecule has 0 spiro atoms. The number of benzene rings is 3. The van der Waals surface area contributed by atoms with E-state index in [0.717, 1.165) is 33.9 Å². The van der Waals surface area contributed by atoms with Gasteiger partial charge in [-0.25, -0.2) is 4.39 Å². The van der Waals surface area contributed by atoms with E-state index in [2.05, 4.69) is 16.5 Å². The second-order valence-electron chi connectivity index (χ2n) is 7.17. The average molecular weight is 404 g/mol. The molecule has 0 radical (unpaired) electrons. The fourth-order valence-electron chi connectivity index (χ4n) is 3.94. The van der Waals surface area contributed by atoms with Crippen molar-refractivity contribution in [1.29, 1.82) is 0 Å². The van der Waals surface area contributed by atoms with Gasteiger partial charge in [0.15, 0.2) is 17.7 Å². The molecule has 5 rings (SSSR count). The molecule has 0 saturated carbocycles. The summed E-state index contributed by atoms with van der Waals surface area (Å²) in [5.74, 6) is 1.93. The van der Waals surface area contributed by atoms with Gasteiger partial charge in [-0.3, -0.25) is 0 Å². The third-order valence-corrected chi connectivity index (χ3v) is 5.46. The van der Waals surface area contributed by atoms with Crippen LogP contribution >= 0.6 is 0 Å². The summed E-state index contributed by atoms with van der Waals surface area (Å²) in [6.45, 7) is 0. The molecule has 1 N–H and O–H groups in total. The molecule has 0 saturated heterocycles. The van der Waals surface area contributed by atoms with Crippen LogP contribution in [-0.2, 0) is 0 Å². The molecule has 0 aliphatic carbocycles. The Morgan fingerprint density at radius 3 is 2.40 bits per heavy atom. The number of ether oxygens (including phenoxy) is 3.